The molecule has 0 amide bonds. The van der Waals surface area contributed by atoms with Crippen LogP contribution in [0.15, 0.2) is 35.3 Å². The molecule has 0 spiro atoms. The molecule has 0 radical (unpaired) electrons. The molecule has 1 aliphatic heterocycles. The zero-order chi connectivity index (χ0) is 22.5. The molecule has 1 unspecified atom stereocenters. The van der Waals surface area contributed by atoms with Gasteiger partial charge in [0, 0.05) is 51.7 Å². The average molecular weight is 431 g/mol. The number of carbonyl (C=O) groups is 1. The summed E-state index contributed by atoms with van der Waals surface area (Å²) in [5, 5.41) is 15.8. The van der Waals surface area contributed by atoms with Crippen LogP contribution in [0, 0.1) is 6.92 Å². The largest absolute Gasteiger partial charge is 0.480 e. The number of methoxy groups -OCH3 is 2. The molecule has 3 rings (SSSR count). The number of aryl methyl sites for hydroxylation is 2. The van der Waals surface area contributed by atoms with Crippen molar-refractivity contribution in [3.63, 3.8) is 0 Å². The first-order valence-electron chi connectivity index (χ1n) is 10.1. The van der Waals surface area contributed by atoms with E-state index in [-0.39, 0.29) is 18.3 Å². The predicted molar refractivity (Wildman–Crippen MR) is 119 cm³/mol. The van der Waals surface area contributed by atoms with Crippen molar-refractivity contribution in [3.8, 4) is 0 Å². The van der Waals surface area contributed by atoms with Gasteiger partial charge in [0.05, 0.1) is 24.6 Å². The number of hydrogen-bond acceptors (Lipinski definition) is 7. The summed E-state index contributed by atoms with van der Waals surface area (Å²) in [6.45, 7) is 3.54. The summed E-state index contributed by atoms with van der Waals surface area (Å²) in [5.41, 5.74) is 4.59. The highest BCUT2D eigenvalue weighted by Crippen LogP contribution is 2.41. The highest BCUT2D eigenvalue weighted by Gasteiger charge is 2.30. The summed E-state index contributed by atoms with van der Waals surface area (Å²) in [6.07, 6.45) is 1.71. The number of nitrogens with zero attached hydrogens (tertiary/aromatic N) is 2. The number of ether oxygens (including phenoxy) is 2. The topological polar surface area (TPSA) is 105 Å². The predicted octanol–water partition coefficient (Wildman–Crippen LogP) is 1.46. The van der Waals surface area contributed by atoms with Gasteiger partial charge in [-0.05, 0) is 30.7 Å². The molecule has 2 atom stereocenters. The second-order valence-corrected chi connectivity index (χ2v) is 7.68. The van der Waals surface area contributed by atoms with Gasteiger partial charge in [0.15, 0.2) is 0 Å². The number of carboxylic acid groups (broad SMARTS) is 1. The molecule has 1 aromatic heterocycles. The Hall–Kier alpha value is -2.88. The van der Waals surface area contributed by atoms with Gasteiger partial charge in [0.2, 0.25) is 0 Å². The van der Waals surface area contributed by atoms with Crippen molar-refractivity contribution in [2.45, 2.75) is 25.7 Å². The van der Waals surface area contributed by atoms with Crippen molar-refractivity contribution in [1.29, 1.82) is 0 Å². The maximum atomic E-state index is 12.1. The molecule has 9 nitrogen and oxygen atoms in total. The Bertz CT molecular complexity index is 964. The lowest BCUT2D eigenvalue weighted by Gasteiger charge is -2.27. The Morgan fingerprint density at radius 1 is 1.29 bits per heavy atom. The Morgan fingerprint density at radius 3 is 2.71 bits per heavy atom. The van der Waals surface area contributed by atoms with Crippen LogP contribution in [0.5, 0.6) is 0 Å². The molecule has 168 valence electrons. The number of hydrogen-bond donors (Lipinski definition) is 3. The van der Waals surface area contributed by atoms with Gasteiger partial charge in [-0.15, -0.1) is 0 Å². The highest BCUT2D eigenvalue weighted by atomic mass is 16.5. The van der Waals surface area contributed by atoms with E-state index < -0.39 is 12.0 Å². The van der Waals surface area contributed by atoms with Gasteiger partial charge >= 0.3 is 5.97 Å². The third-order valence-corrected chi connectivity index (χ3v) is 5.39. The van der Waals surface area contributed by atoms with E-state index in [9.17, 15) is 14.7 Å². The van der Waals surface area contributed by atoms with Crippen LogP contribution < -0.4 is 21.1 Å². The Balaban J connectivity index is 1.85. The van der Waals surface area contributed by atoms with Crippen molar-refractivity contribution in [2.75, 3.05) is 44.2 Å². The van der Waals surface area contributed by atoms with E-state index in [1.807, 2.05) is 37.4 Å². The summed E-state index contributed by atoms with van der Waals surface area (Å²) in [7, 11) is 4.90. The third kappa shape index (κ3) is 5.07. The first kappa shape index (κ1) is 22.8. The lowest BCUT2D eigenvalue weighted by molar-refractivity contribution is -0.140. The van der Waals surface area contributed by atoms with E-state index >= 15 is 0 Å². The smallest absolute Gasteiger partial charge is 0.323 e. The molecule has 1 aromatic carbocycles. The number of anilines is 2. The van der Waals surface area contributed by atoms with E-state index in [0.29, 0.717) is 25.3 Å². The molecule has 3 N–H and O–H groups in total. The van der Waals surface area contributed by atoms with Crippen molar-refractivity contribution >= 4 is 17.3 Å². The molecule has 2 heterocycles. The van der Waals surface area contributed by atoms with E-state index in [2.05, 4.69) is 15.5 Å². The lowest BCUT2D eigenvalue weighted by Crippen LogP contribution is -2.39. The van der Waals surface area contributed by atoms with Crippen LogP contribution in [-0.4, -0.2) is 55.7 Å². The minimum Gasteiger partial charge on any atom is -0.480 e. The molecular weight excluding hydrogens is 400 g/mol. The fraction of sp³-hybridized carbons (Fsp3) is 0.455. The normalized spacial score (nSPS) is 16.1. The molecule has 2 aromatic rings. The summed E-state index contributed by atoms with van der Waals surface area (Å²) in [5.74, 6) is -0.947. The number of rotatable bonds is 10. The molecule has 0 bridgehead atoms. The van der Waals surface area contributed by atoms with E-state index in [4.69, 9.17) is 9.47 Å². The number of pyridine rings is 1. The van der Waals surface area contributed by atoms with E-state index in [0.717, 1.165) is 22.5 Å². The minimum atomic E-state index is -0.947. The number of carboxylic acids is 1. The van der Waals surface area contributed by atoms with Gasteiger partial charge < -0.3 is 29.4 Å². The van der Waals surface area contributed by atoms with Crippen LogP contribution in [-0.2, 0) is 27.9 Å². The van der Waals surface area contributed by atoms with Gasteiger partial charge in [-0.1, -0.05) is 6.07 Å². The maximum Gasteiger partial charge on any atom is 0.323 e. The van der Waals surface area contributed by atoms with Crippen LogP contribution in [0.3, 0.4) is 0 Å². The molecule has 31 heavy (non-hydrogen) atoms. The molecule has 0 saturated carbocycles. The zero-order valence-electron chi connectivity index (χ0n) is 18.3. The van der Waals surface area contributed by atoms with Gasteiger partial charge in [0.1, 0.15) is 12.2 Å². The van der Waals surface area contributed by atoms with Crippen LogP contribution >= 0.6 is 0 Å². The number of aromatic nitrogens is 1. The fourth-order valence-electron chi connectivity index (χ4n) is 3.81. The Labute approximate surface area is 181 Å². The van der Waals surface area contributed by atoms with Gasteiger partial charge in [0.25, 0.3) is 5.56 Å². The monoisotopic (exact) mass is 430 g/mol. The molecule has 0 aliphatic carbocycles. The van der Waals surface area contributed by atoms with E-state index in [1.165, 1.54) is 7.11 Å². The first-order chi connectivity index (χ1) is 14.8. The summed E-state index contributed by atoms with van der Waals surface area (Å²) >= 11 is 0. The molecular formula is C22H30N4O5. The van der Waals surface area contributed by atoms with Crippen molar-refractivity contribution in [3.05, 3.63) is 57.5 Å². The number of benzene rings is 1. The van der Waals surface area contributed by atoms with Crippen molar-refractivity contribution in [2.24, 2.45) is 7.05 Å². The van der Waals surface area contributed by atoms with Crippen LogP contribution in [0.25, 0.3) is 0 Å². The highest BCUT2D eigenvalue weighted by molar-refractivity contribution is 5.77. The lowest BCUT2D eigenvalue weighted by atomic mass is 10.1. The van der Waals surface area contributed by atoms with Gasteiger partial charge in [-0.2, -0.15) is 0 Å². The van der Waals surface area contributed by atoms with Gasteiger partial charge in [-0.3, -0.25) is 14.9 Å². The molecule has 0 saturated heterocycles. The second-order valence-electron chi connectivity index (χ2n) is 7.68. The molecule has 9 heteroatoms. The first-order valence-corrected chi connectivity index (χ1v) is 10.1. The quantitative estimate of drug-likeness (QED) is 0.520. The number of fused-ring (bicyclic) bond motifs is 1. The summed E-state index contributed by atoms with van der Waals surface area (Å²) in [6, 6.07) is 7.16. The number of nitrogens with one attached hydrogen (secondary N) is 2. The minimum absolute atomic E-state index is 0.0138. The Morgan fingerprint density at radius 2 is 2.06 bits per heavy atom. The van der Waals surface area contributed by atoms with Crippen LogP contribution in [0.4, 0.5) is 11.4 Å². The standard InChI is InChI=1S/C22H30N4O5/c1-14-9-16(12-25(2)21(14)27)20-24-17-10-15(11-23-18(13-31-4)22(28)29)5-6-19(17)26(20)7-8-30-3/h5-6,9-10,12,18,20,23-24H,7-8,11,13H2,1-4H3,(H,28,29)/t18-,20?/m0/s1. The van der Waals surface area contributed by atoms with Crippen LogP contribution in [0.1, 0.15) is 22.9 Å². The second kappa shape index (κ2) is 9.95. The fourth-order valence-corrected chi connectivity index (χ4v) is 3.81. The SMILES string of the molecule is COCCN1c2ccc(CN[C@@H](COC)C(=O)O)cc2NC1c1cc(C)c(=O)n(C)c1. The number of aliphatic carboxylic acids is 1. The molecule has 1 aliphatic rings. The zero-order valence-corrected chi connectivity index (χ0v) is 18.3. The van der Waals surface area contributed by atoms with Crippen molar-refractivity contribution < 1.29 is 19.4 Å². The molecule has 0 fully saturated rings. The third-order valence-electron chi connectivity index (χ3n) is 5.39. The Kier molecular flexibility index (Phi) is 7.32. The maximum absolute atomic E-state index is 12.1. The van der Waals surface area contributed by atoms with Crippen molar-refractivity contribution in [1.82, 2.24) is 9.88 Å². The van der Waals surface area contributed by atoms with Crippen LogP contribution in [0.2, 0.25) is 0 Å². The average Bonchev–Trinajstić information content (AvgIpc) is 3.10. The summed E-state index contributed by atoms with van der Waals surface area (Å²) < 4.78 is 11.9. The van der Waals surface area contributed by atoms with E-state index in [1.54, 1.807) is 18.7 Å². The van der Waals surface area contributed by atoms with Gasteiger partial charge in [-0.25, -0.2) is 0 Å². The summed E-state index contributed by atoms with van der Waals surface area (Å²) in [4.78, 5) is 25.7.